The Labute approximate surface area is 180 Å². The number of benzene rings is 1. The zero-order valence-corrected chi connectivity index (χ0v) is 17.8. The topological polar surface area (TPSA) is 50.7 Å². The molecule has 1 aliphatic carbocycles. The van der Waals surface area contributed by atoms with Crippen molar-refractivity contribution in [2.45, 2.75) is 46.2 Å². The van der Waals surface area contributed by atoms with Crippen molar-refractivity contribution in [2.24, 2.45) is 11.3 Å². The van der Waals surface area contributed by atoms with Crippen LogP contribution in [0.2, 0.25) is 0 Å². The quantitative estimate of drug-likeness (QED) is 0.523. The van der Waals surface area contributed by atoms with Crippen molar-refractivity contribution < 1.29 is 13.2 Å². The summed E-state index contributed by atoms with van der Waals surface area (Å²) < 4.78 is 38.8. The van der Waals surface area contributed by atoms with Gasteiger partial charge in [0.2, 0.25) is 0 Å². The highest BCUT2D eigenvalue weighted by atomic mass is 19.4. The van der Waals surface area contributed by atoms with Crippen LogP contribution in [0.5, 0.6) is 0 Å². The van der Waals surface area contributed by atoms with Crippen LogP contribution in [0.1, 0.15) is 44.0 Å². The summed E-state index contributed by atoms with van der Waals surface area (Å²) in [7, 11) is 0. The highest BCUT2D eigenvalue weighted by molar-refractivity contribution is 5.65. The van der Waals surface area contributed by atoms with Gasteiger partial charge in [0.05, 0.1) is 5.56 Å². The number of nitrogens with zero attached hydrogens (tertiary/aromatic N) is 3. The van der Waals surface area contributed by atoms with E-state index in [0.717, 1.165) is 48.2 Å². The maximum atomic E-state index is 12.9. The van der Waals surface area contributed by atoms with Crippen LogP contribution in [-0.2, 0) is 19.0 Å². The fourth-order valence-electron chi connectivity index (χ4n) is 3.96. The summed E-state index contributed by atoms with van der Waals surface area (Å²) in [5, 5.41) is 3.25. The molecule has 2 heterocycles. The molecule has 0 fully saturated rings. The Hall–Kier alpha value is -2.96. The van der Waals surface area contributed by atoms with Gasteiger partial charge >= 0.3 is 6.18 Å². The number of rotatable bonds is 3. The van der Waals surface area contributed by atoms with E-state index in [9.17, 15) is 13.2 Å². The summed E-state index contributed by atoms with van der Waals surface area (Å²) >= 11 is 0. The van der Waals surface area contributed by atoms with Crippen molar-refractivity contribution in [1.29, 1.82) is 0 Å². The standard InChI is InChI=1S/C24H25F3N4/c1-23(2,3)17-8-11-20-19(13-17)22(31-21(30-20)15-5-4-12-28-14-15)29-18-9-6-16(7-10-18)24(25,26)27/h4-7,9-10,12,14,17H,8,11,13H2,1-3H3,(H,29,30,31). The van der Waals surface area contributed by atoms with Crippen molar-refractivity contribution in [3.63, 3.8) is 0 Å². The minimum atomic E-state index is -4.36. The average Bonchev–Trinajstić information content (AvgIpc) is 2.73. The number of nitrogens with one attached hydrogen (secondary N) is 1. The molecule has 0 radical (unpaired) electrons. The summed E-state index contributed by atoms with van der Waals surface area (Å²) in [6, 6.07) is 8.76. The minimum Gasteiger partial charge on any atom is -0.340 e. The molecule has 0 saturated carbocycles. The zero-order valence-electron chi connectivity index (χ0n) is 17.8. The third-order valence-electron chi connectivity index (χ3n) is 5.89. The van der Waals surface area contributed by atoms with Crippen LogP contribution < -0.4 is 5.32 Å². The molecular formula is C24H25F3N4. The number of alkyl halides is 3. The van der Waals surface area contributed by atoms with E-state index < -0.39 is 11.7 Å². The van der Waals surface area contributed by atoms with Gasteiger partial charge in [-0.25, -0.2) is 9.97 Å². The number of pyridine rings is 1. The predicted molar refractivity (Wildman–Crippen MR) is 115 cm³/mol. The van der Waals surface area contributed by atoms with Gasteiger partial charge in [-0.15, -0.1) is 0 Å². The first kappa shape index (κ1) is 21.3. The van der Waals surface area contributed by atoms with Crippen molar-refractivity contribution >= 4 is 11.5 Å². The first-order valence-electron chi connectivity index (χ1n) is 10.4. The highest BCUT2D eigenvalue weighted by Gasteiger charge is 2.32. The third kappa shape index (κ3) is 4.70. The normalized spacial score (nSPS) is 16.6. The fraction of sp³-hybridized carbons (Fsp3) is 0.375. The lowest BCUT2D eigenvalue weighted by atomic mass is 9.71. The molecule has 31 heavy (non-hydrogen) atoms. The average molecular weight is 426 g/mol. The van der Waals surface area contributed by atoms with Gasteiger partial charge in [0, 0.05) is 34.9 Å². The van der Waals surface area contributed by atoms with Gasteiger partial charge in [0.25, 0.3) is 0 Å². The van der Waals surface area contributed by atoms with Crippen LogP contribution in [0.25, 0.3) is 11.4 Å². The molecule has 2 aromatic heterocycles. The van der Waals surface area contributed by atoms with E-state index in [1.54, 1.807) is 12.4 Å². The molecular weight excluding hydrogens is 401 g/mol. The van der Waals surface area contributed by atoms with Gasteiger partial charge in [0.15, 0.2) is 5.82 Å². The van der Waals surface area contributed by atoms with Crippen LogP contribution in [0, 0.1) is 11.3 Å². The molecule has 0 spiro atoms. The molecule has 0 saturated heterocycles. The van der Waals surface area contributed by atoms with Crippen molar-refractivity contribution in [2.75, 3.05) is 5.32 Å². The van der Waals surface area contributed by atoms with E-state index in [1.165, 1.54) is 12.1 Å². The predicted octanol–water partition coefficient (Wildman–Crippen LogP) is 6.45. The number of fused-ring (bicyclic) bond motifs is 1. The molecule has 7 heteroatoms. The summed E-state index contributed by atoms with van der Waals surface area (Å²) in [5.74, 6) is 1.69. The van der Waals surface area contributed by atoms with Gasteiger partial charge in [-0.3, -0.25) is 4.98 Å². The largest absolute Gasteiger partial charge is 0.416 e. The van der Waals surface area contributed by atoms with Gasteiger partial charge in [-0.05, 0) is 67.0 Å². The van der Waals surface area contributed by atoms with Gasteiger partial charge in [0.1, 0.15) is 5.82 Å². The zero-order chi connectivity index (χ0) is 22.2. The van der Waals surface area contributed by atoms with E-state index >= 15 is 0 Å². The molecule has 1 unspecified atom stereocenters. The van der Waals surface area contributed by atoms with Crippen molar-refractivity contribution in [3.05, 3.63) is 65.6 Å². The van der Waals surface area contributed by atoms with Crippen molar-refractivity contribution in [3.8, 4) is 11.4 Å². The van der Waals surface area contributed by atoms with Gasteiger partial charge in [-0.2, -0.15) is 13.2 Å². The molecule has 0 aliphatic heterocycles. The van der Waals surface area contributed by atoms with Crippen LogP contribution in [0.15, 0.2) is 48.8 Å². The number of aromatic nitrogens is 3. The molecule has 0 amide bonds. The molecule has 3 aromatic rings. The molecule has 1 N–H and O–H groups in total. The maximum Gasteiger partial charge on any atom is 0.416 e. The Kier molecular flexibility index (Phi) is 5.45. The SMILES string of the molecule is CC(C)(C)C1CCc2nc(-c3cccnc3)nc(Nc3ccc(C(F)(F)F)cc3)c2C1. The Morgan fingerprint density at radius 3 is 2.35 bits per heavy atom. The van der Waals surface area contributed by atoms with Crippen LogP contribution in [0.3, 0.4) is 0 Å². The molecule has 4 nitrogen and oxygen atoms in total. The monoisotopic (exact) mass is 426 g/mol. The van der Waals surface area contributed by atoms with Gasteiger partial charge in [-0.1, -0.05) is 20.8 Å². The molecule has 162 valence electrons. The second-order valence-electron chi connectivity index (χ2n) is 9.07. The smallest absolute Gasteiger partial charge is 0.340 e. The lowest BCUT2D eigenvalue weighted by molar-refractivity contribution is -0.137. The van der Waals surface area contributed by atoms with E-state index in [2.05, 4.69) is 31.1 Å². The Morgan fingerprint density at radius 2 is 1.74 bits per heavy atom. The molecule has 1 aromatic carbocycles. The fourth-order valence-corrected chi connectivity index (χ4v) is 3.96. The molecule has 1 atom stereocenters. The number of hydrogen-bond donors (Lipinski definition) is 1. The van der Waals surface area contributed by atoms with Crippen LogP contribution in [-0.4, -0.2) is 15.0 Å². The molecule has 1 aliphatic rings. The molecule has 0 bridgehead atoms. The lowest BCUT2D eigenvalue weighted by Crippen LogP contribution is -2.28. The number of aryl methyl sites for hydroxylation is 1. The Balaban J connectivity index is 1.74. The summed E-state index contributed by atoms with van der Waals surface area (Å²) in [6.45, 7) is 6.70. The minimum absolute atomic E-state index is 0.144. The van der Waals surface area contributed by atoms with Crippen LogP contribution >= 0.6 is 0 Å². The van der Waals surface area contributed by atoms with Crippen LogP contribution in [0.4, 0.5) is 24.7 Å². The maximum absolute atomic E-state index is 12.9. The van der Waals surface area contributed by atoms with E-state index in [0.29, 0.717) is 23.2 Å². The van der Waals surface area contributed by atoms with E-state index in [4.69, 9.17) is 9.97 Å². The third-order valence-corrected chi connectivity index (χ3v) is 5.89. The van der Waals surface area contributed by atoms with E-state index in [1.807, 2.05) is 12.1 Å². The van der Waals surface area contributed by atoms with Gasteiger partial charge < -0.3 is 5.32 Å². The lowest BCUT2D eigenvalue weighted by Gasteiger charge is -2.35. The Morgan fingerprint density at radius 1 is 1.00 bits per heavy atom. The number of anilines is 2. The number of hydrogen-bond acceptors (Lipinski definition) is 4. The highest BCUT2D eigenvalue weighted by Crippen LogP contribution is 2.40. The second-order valence-corrected chi connectivity index (χ2v) is 9.07. The summed E-state index contributed by atoms with van der Waals surface area (Å²) in [4.78, 5) is 13.7. The Bertz CT molecular complexity index is 1060. The summed E-state index contributed by atoms with van der Waals surface area (Å²) in [5.41, 5.74) is 2.86. The number of halogens is 3. The first-order valence-corrected chi connectivity index (χ1v) is 10.4. The van der Waals surface area contributed by atoms with E-state index in [-0.39, 0.29) is 5.41 Å². The van der Waals surface area contributed by atoms with Crippen molar-refractivity contribution in [1.82, 2.24) is 15.0 Å². The first-order chi connectivity index (χ1) is 14.6. The molecule has 4 rings (SSSR count). The second kappa shape index (κ2) is 7.94. The summed E-state index contributed by atoms with van der Waals surface area (Å²) in [6.07, 6.45) is 1.76.